The van der Waals surface area contributed by atoms with Gasteiger partial charge in [-0.2, -0.15) is 0 Å². The van der Waals surface area contributed by atoms with Gasteiger partial charge in [-0.25, -0.2) is 0 Å². The van der Waals surface area contributed by atoms with E-state index in [0.29, 0.717) is 17.1 Å². The molecule has 2 heterocycles. The van der Waals surface area contributed by atoms with Crippen LogP contribution in [-0.2, 0) is 4.79 Å². The lowest BCUT2D eigenvalue weighted by Crippen LogP contribution is -2.42. The Morgan fingerprint density at radius 1 is 0.966 bits per heavy atom. The molecule has 1 aromatic carbocycles. The summed E-state index contributed by atoms with van der Waals surface area (Å²) in [6, 6.07) is 5.05. The molecule has 0 spiro atoms. The van der Waals surface area contributed by atoms with Crippen molar-refractivity contribution < 1.29 is 19.1 Å². The molecule has 4 rings (SSSR count). The first-order chi connectivity index (χ1) is 14.2. The molecule has 2 aliphatic heterocycles. The molecule has 0 aromatic heterocycles. The highest BCUT2D eigenvalue weighted by Crippen LogP contribution is 2.32. The molecule has 29 heavy (non-hydrogen) atoms. The normalized spacial score (nSPS) is 20.3. The predicted octanol–water partition coefficient (Wildman–Crippen LogP) is 2.26. The van der Waals surface area contributed by atoms with E-state index in [1.54, 1.807) is 18.2 Å². The van der Waals surface area contributed by atoms with Gasteiger partial charge >= 0.3 is 0 Å². The van der Waals surface area contributed by atoms with E-state index in [2.05, 4.69) is 10.2 Å². The lowest BCUT2D eigenvalue weighted by molar-refractivity contribution is -0.130. The highest BCUT2D eigenvalue weighted by molar-refractivity contribution is 5.97. The van der Waals surface area contributed by atoms with Gasteiger partial charge in [0.05, 0.1) is 6.54 Å². The van der Waals surface area contributed by atoms with Gasteiger partial charge in [-0.05, 0) is 49.9 Å². The summed E-state index contributed by atoms with van der Waals surface area (Å²) >= 11 is 0. The van der Waals surface area contributed by atoms with Crippen molar-refractivity contribution in [3.05, 3.63) is 23.8 Å². The van der Waals surface area contributed by atoms with Gasteiger partial charge in [-0.15, -0.1) is 0 Å². The summed E-state index contributed by atoms with van der Waals surface area (Å²) in [5, 5.41) is 2.74. The van der Waals surface area contributed by atoms with Gasteiger partial charge in [0.1, 0.15) is 0 Å². The predicted molar refractivity (Wildman–Crippen MR) is 109 cm³/mol. The van der Waals surface area contributed by atoms with E-state index < -0.39 is 0 Å². The number of nitrogens with zero attached hydrogens (tertiary/aromatic N) is 2. The molecular weight excluding hydrogens is 370 g/mol. The Balaban J connectivity index is 1.22. The van der Waals surface area contributed by atoms with Gasteiger partial charge in [-0.3, -0.25) is 9.59 Å². The molecule has 0 radical (unpaired) electrons. The van der Waals surface area contributed by atoms with Gasteiger partial charge in [0.2, 0.25) is 12.7 Å². The highest BCUT2D eigenvalue weighted by Gasteiger charge is 2.23. The van der Waals surface area contributed by atoms with E-state index in [-0.39, 0.29) is 25.2 Å². The second-order valence-electron chi connectivity index (χ2n) is 8.29. The second kappa shape index (κ2) is 9.48. The molecule has 1 N–H and O–H groups in total. The van der Waals surface area contributed by atoms with Crippen LogP contribution in [0.5, 0.6) is 11.5 Å². The summed E-state index contributed by atoms with van der Waals surface area (Å²) in [6.45, 7) is 4.86. The Hall–Kier alpha value is -2.28. The van der Waals surface area contributed by atoms with E-state index in [1.807, 2.05) is 4.90 Å². The molecule has 0 unspecified atom stereocenters. The van der Waals surface area contributed by atoms with Crippen LogP contribution in [0.4, 0.5) is 0 Å². The van der Waals surface area contributed by atoms with E-state index in [9.17, 15) is 9.59 Å². The molecule has 1 aromatic rings. The minimum atomic E-state index is -0.273. The quantitative estimate of drug-likeness (QED) is 0.820. The van der Waals surface area contributed by atoms with Crippen LogP contribution < -0.4 is 14.8 Å². The second-order valence-corrected chi connectivity index (χ2v) is 8.29. The van der Waals surface area contributed by atoms with Crippen molar-refractivity contribution in [1.82, 2.24) is 15.1 Å². The Bertz CT molecular complexity index is 733. The highest BCUT2D eigenvalue weighted by atomic mass is 16.7. The number of amides is 2. The first-order valence-electron chi connectivity index (χ1n) is 10.9. The smallest absolute Gasteiger partial charge is 0.251 e. The minimum Gasteiger partial charge on any atom is -0.454 e. The van der Waals surface area contributed by atoms with Crippen molar-refractivity contribution >= 4 is 11.8 Å². The van der Waals surface area contributed by atoms with Gasteiger partial charge in [0, 0.05) is 31.7 Å². The van der Waals surface area contributed by atoms with Crippen molar-refractivity contribution in [3.63, 3.8) is 0 Å². The van der Waals surface area contributed by atoms with Crippen LogP contribution in [0.1, 0.15) is 48.9 Å². The van der Waals surface area contributed by atoms with Crippen LogP contribution >= 0.6 is 0 Å². The maximum Gasteiger partial charge on any atom is 0.251 e. The lowest BCUT2D eigenvalue weighted by atomic mass is 9.89. The monoisotopic (exact) mass is 401 g/mol. The largest absolute Gasteiger partial charge is 0.454 e. The molecular formula is C22H31N3O4. The maximum absolute atomic E-state index is 12.6. The third kappa shape index (κ3) is 5.21. The van der Waals surface area contributed by atoms with Crippen LogP contribution in [0.3, 0.4) is 0 Å². The molecule has 2 amide bonds. The average Bonchev–Trinajstić information content (AvgIpc) is 3.10. The summed E-state index contributed by atoms with van der Waals surface area (Å²) in [5.41, 5.74) is 0.469. The zero-order valence-electron chi connectivity index (χ0n) is 17.0. The summed E-state index contributed by atoms with van der Waals surface area (Å²) in [7, 11) is 0. The zero-order valence-corrected chi connectivity index (χ0v) is 17.0. The molecule has 158 valence electrons. The van der Waals surface area contributed by atoms with Crippen molar-refractivity contribution in [1.29, 1.82) is 0 Å². The average molecular weight is 402 g/mol. The molecule has 3 aliphatic rings. The standard InChI is InChI=1S/C22H31N3O4/c26-21(14-23-22(27)18-7-8-19-20(13-18)29-16-28-19)25-10-4-9-24(11-12-25)15-17-5-2-1-3-6-17/h7-8,13,17H,1-6,9-12,14-16H2,(H,23,27). The van der Waals surface area contributed by atoms with Gasteiger partial charge in [0.15, 0.2) is 11.5 Å². The van der Waals surface area contributed by atoms with E-state index >= 15 is 0 Å². The molecule has 0 atom stereocenters. The summed E-state index contributed by atoms with van der Waals surface area (Å²) in [5.74, 6) is 1.74. The van der Waals surface area contributed by atoms with Crippen molar-refractivity contribution in [2.24, 2.45) is 5.92 Å². The van der Waals surface area contributed by atoms with Crippen LogP contribution in [0.15, 0.2) is 18.2 Å². The Kier molecular flexibility index (Phi) is 6.54. The third-order valence-electron chi connectivity index (χ3n) is 6.22. The Morgan fingerprint density at radius 3 is 2.66 bits per heavy atom. The first kappa shape index (κ1) is 20.0. The van der Waals surface area contributed by atoms with Crippen LogP contribution in [-0.4, -0.2) is 67.7 Å². The van der Waals surface area contributed by atoms with Crippen LogP contribution in [0.25, 0.3) is 0 Å². The fraction of sp³-hybridized carbons (Fsp3) is 0.636. The number of hydrogen-bond donors (Lipinski definition) is 1. The molecule has 1 saturated carbocycles. The van der Waals surface area contributed by atoms with Crippen LogP contribution in [0.2, 0.25) is 0 Å². The molecule has 7 heteroatoms. The lowest BCUT2D eigenvalue weighted by Gasteiger charge is -2.28. The van der Waals surface area contributed by atoms with Gasteiger partial charge in [-0.1, -0.05) is 19.3 Å². The summed E-state index contributed by atoms with van der Waals surface area (Å²) in [6.07, 6.45) is 7.82. The number of rotatable bonds is 5. The number of carbonyl (C=O) groups excluding carboxylic acids is 2. The fourth-order valence-electron chi connectivity index (χ4n) is 4.55. The molecule has 7 nitrogen and oxygen atoms in total. The number of benzene rings is 1. The maximum atomic E-state index is 12.6. The number of carbonyl (C=O) groups is 2. The van der Waals surface area contributed by atoms with E-state index in [0.717, 1.165) is 38.5 Å². The zero-order chi connectivity index (χ0) is 20.1. The van der Waals surface area contributed by atoms with Crippen LogP contribution in [0, 0.1) is 5.92 Å². The minimum absolute atomic E-state index is 0.0152. The number of fused-ring (bicyclic) bond motifs is 1. The summed E-state index contributed by atoms with van der Waals surface area (Å²) < 4.78 is 10.6. The molecule has 1 aliphatic carbocycles. The van der Waals surface area contributed by atoms with Crippen molar-refractivity contribution in [2.75, 3.05) is 46.1 Å². The molecule has 0 bridgehead atoms. The van der Waals surface area contributed by atoms with E-state index in [1.165, 1.54) is 38.6 Å². The van der Waals surface area contributed by atoms with Gasteiger partial charge in [0.25, 0.3) is 5.91 Å². The first-order valence-corrected chi connectivity index (χ1v) is 10.9. The summed E-state index contributed by atoms with van der Waals surface area (Å²) in [4.78, 5) is 29.4. The number of hydrogen-bond acceptors (Lipinski definition) is 5. The topological polar surface area (TPSA) is 71.1 Å². The number of nitrogens with one attached hydrogen (secondary N) is 1. The molecule has 2 fully saturated rings. The Morgan fingerprint density at radius 2 is 1.79 bits per heavy atom. The SMILES string of the molecule is O=C(NCC(=O)N1CCCN(CC2CCCCC2)CC1)c1ccc2c(c1)OCO2. The van der Waals surface area contributed by atoms with E-state index in [4.69, 9.17) is 9.47 Å². The van der Waals surface area contributed by atoms with Gasteiger partial charge < -0.3 is 24.6 Å². The van der Waals surface area contributed by atoms with Crippen molar-refractivity contribution in [2.45, 2.75) is 38.5 Å². The fourth-order valence-corrected chi connectivity index (χ4v) is 4.55. The molecule has 1 saturated heterocycles. The third-order valence-corrected chi connectivity index (χ3v) is 6.22. The Labute approximate surface area is 172 Å². The number of ether oxygens (including phenoxy) is 2. The van der Waals surface area contributed by atoms with Crippen molar-refractivity contribution in [3.8, 4) is 11.5 Å².